The molecule has 0 spiro atoms. The molecule has 0 amide bonds. The van der Waals surface area contributed by atoms with Gasteiger partial charge in [-0.15, -0.1) is 0 Å². The first kappa shape index (κ1) is 36.5. The average Bonchev–Trinajstić information content (AvgIpc) is 3.81. The molecular formula is C44H39CoIN8. The number of hydrogen-bond acceptors (Lipinski definition) is 6. The zero-order valence-electron chi connectivity index (χ0n) is 31.7. The second-order valence-corrected chi connectivity index (χ2v) is 18.4. The predicted molar refractivity (Wildman–Crippen MR) is 223 cm³/mol. The van der Waals surface area contributed by atoms with E-state index in [2.05, 4.69) is 158 Å². The van der Waals surface area contributed by atoms with Crippen molar-refractivity contribution in [3.8, 4) is 45.6 Å². The van der Waals surface area contributed by atoms with Gasteiger partial charge in [0.05, 0.1) is 23.3 Å². The molecule has 8 bridgehead atoms. The molecule has 3 aromatic heterocycles. The van der Waals surface area contributed by atoms with Crippen molar-refractivity contribution in [3.63, 3.8) is 0 Å². The van der Waals surface area contributed by atoms with E-state index in [4.69, 9.17) is 39.9 Å². The molecule has 1 radical (unpaired) electrons. The standard InChI is InChI=1S/C44H39IN8.Co/c1-42(2,3)22-10-14-26-30(18-22)38-47-34(26)46-35-27-15-11-23(43(4,5)6)19-31(27)39(48-35)51-37-29-17-13-25(45)21-33(29)41(52-37)53-40-32-20-24(44(7,8)9)12-16-28(32)36(49-38)50-40;/h10-21H,1-9H3;/q-2;+2. The molecule has 7 aromatic rings. The molecule has 4 aromatic carbocycles. The van der Waals surface area contributed by atoms with Crippen LogP contribution in [0.25, 0.3) is 89.7 Å². The van der Waals surface area contributed by atoms with Gasteiger partial charge in [-0.1, -0.05) is 105 Å². The molecule has 0 unspecified atom stereocenters. The third kappa shape index (κ3) is 6.12. The van der Waals surface area contributed by atoms with Gasteiger partial charge in [-0.3, -0.25) is 0 Å². The number of fused-ring (bicyclic) bond motifs is 20. The molecule has 0 N–H and O–H groups in total. The fraction of sp³-hybridized carbons (Fsp3) is 0.273. The monoisotopic (exact) mass is 865 g/mol. The first-order valence-electron chi connectivity index (χ1n) is 18.0. The number of rotatable bonds is 0. The number of aromatic nitrogens is 8. The Hall–Kier alpha value is -4.52. The van der Waals surface area contributed by atoms with Gasteiger partial charge < -0.3 is 29.9 Å². The third-order valence-electron chi connectivity index (χ3n) is 10.3. The van der Waals surface area contributed by atoms with Crippen LogP contribution in [-0.2, 0) is 33.0 Å². The van der Waals surface area contributed by atoms with Crippen molar-refractivity contribution in [2.45, 2.75) is 78.6 Å². The van der Waals surface area contributed by atoms with E-state index in [1.807, 2.05) is 0 Å². The Morgan fingerprint density at radius 1 is 0.389 bits per heavy atom. The minimum Gasteiger partial charge on any atom is -0.357 e. The first-order valence-corrected chi connectivity index (χ1v) is 19.0. The van der Waals surface area contributed by atoms with E-state index in [0.29, 0.717) is 45.9 Å². The summed E-state index contributed by atoms with van der Waals surface area (Å²) in [5.74, 6) is 2.23. The summed E-state index contributed by atoms with van der Waals surface area (Å²) in [7, 11) is 0. The molecule has 0 saturated carbocycles. The van der Waals surface area contributed by atoms with Crippen LogP contribution >= 0.6 is 22.6 Å². The number of hydrogen-bond donors (Lipinski definition) is 0. The summed E-state index contributed by atoms with van der Waals surface area (Å²) in [5.41, 5.74) is 9.18. The van der Waals surface area contributed by atoms with E-state index in [9.17, 15) is 0 Å². The zero-order chi connectivity index (χ0) is 37.2. The van der Waals surface area contributed by atoms with Crippen LogP contribution in [0.4, 0.5) is 0 Å². The van der Waals surface area contributed by atoms with Crippen LogP contribution in [0.3, 0.4) is 0 Å². The van der Waals surface area contributed by atoms with Crippen molar-refractivity contribution in [1.82, 2.24) is 39.9 Å². The minimum atomic E-state index is -0.0770. The summed E-state index contributed by atoms with van der Waals surface area (Å²) in [5, 5.41) is 3.64. The summed E-state index contributed by atoms with van der Waals surface area (Å²) in [6.07, 6.45) is 0. The predicted octanol–water partition coefficient (Wildman–Crippen LogP) is 10.6. The topological polar surface area (TPSA) is 106 Å². The number of benzene rings is 4. The Labute approximate surface area is 338 Å². The molecule has 271 valence electrons. The van der Waals surface area contributed by atoms with E-state index in [1.165, 1.54) is 16.7 Å². The molecule has 10 heteroatoms. The largest absolute Gasteiger partial charge is 2.00 e. The summed E-state index contributed by atoms with van der Waals surface area (Å²) in [6.45, 7) is 19.9. The second kappa shape index (κ2) is 12.5. The number of nitrogens with zero attached hydrogens (tertiary/aromatic N) is 8. The molecule has 54 heavy (non-hydrogen) atoms. The summed E-state index contributed by atoms with van der Waals surface area (Å²) < 4.78 is 1.08. The molecule has 2 aliphatic heterocycles. The number of halogens is 1. The first-order chi connectivity index (χ1) is 25.0. The molecule has 0 aliphatic carbocycles. The van der Waals surface area contributed by atoms with Crippen LogP contribution in [0.5, 0.6) is 0 Å². The Balaban J connectivity index is 0.00000413. The zero-order valence-corrected chi connectivity index (χ0v) is 34.9. The van der Waals surface area contributed by atoms with Crippen LogP contribution in [0, 0.1) is 3.57 Å². The van der Waals surface area contributed by atoms with Crippen LogP contribution in [0.15, 0.2) is 72.8 Å². The maximum atomic E-state index is 5.22. The Morgan fingerprint density at radius 3 is 1.19 bits per heavy atom. The van der Waals surface area contributed by atoms with Gasteiger partial charge in [0.2, 0.25) is 0 Å². The van der Waals surface area contributed by atoms with E-state index >= 15 is 0 Å². The van der Waals surface area contributed by atoms with Crippen LogP contribution in [0.2, 0.25) is 0 Å². The van der Waals surface area contributed by atoms with Crippen LogP contribution in [0.1, 0.15) is 79.0 Å². The molecule has 2 aliphatic rings. The van der Waals surface area contributed by atoms with Gasteiger partial charge in [0.1, 0.15) is 0 Å². The quantitative estimate of drug-likeness (QED) is 0.139. The molecule has 0 saturated heterocycles. The van der Waals surface area contributed by atoms with Gasteiger partial charge in [-0.2, -0.15) is 0 Å². The van der Waals surface area contributed by atoms with Crippen molar-refractivity contribution in [2.75, 3.05) is 0 Å². The molecular weight excluding hydrogens is 826 g/mol. The van der Waals surface area contributed by atoms with Gasteiger partial charge in [0.25, 0.3) is 0 Å². The van der Waals surface area contributed by atoms with Crippen molar-refractivity contribution in [2.24, 2.45) is 0 Å². The van der Waals surface area contributed by atoms with Crippen molar-refractivity contribution in [1.29, 1.82) is 0 Å². The van der Waals surface area contributed by atoms with E-state index in [0.717, 1.165) is 47.4 Å². The normalized spacial score (nSPS) is 12.9. The van der Waals surface area contributed by atoms with Gasteiger partial charge >= 0.3 is 16.8 Å². The molecule has 9 rings (SSSR count). The average molecular weight is 866 g/mol. The fourth-order valence-electron chi connectivity index (χ4n) is 7.03. The van der Waals surface area contributed by atoms with Gasteiger partial charge in [-0.05, 0) is 107 Å². The van der Waals surface area contributed by atoms with Gasteiger partial charge in [0, 0.05) is 48.4 Å². The molecule has 8 nitrogen and oxygen atoms in total. The van der Waals surface area contributed by atoms with E-state index < -0.39 is 0 Å². The van der Waals surface area contributed by atoms with Crippen molar-refractivity contribution >= 4 is 66.7 Å². The van der Waals surface area contributed by atoms with Crippen LogP contribution in [-0.4, -0.2) is 29.9 Å². The van der Waals surface area contributed by atoms with Gasteiger partial charge in [0.15, 0.2) is 0 Å². The van der Waals surface area contributed by atoms with Crippen molar-refractivity contribution < 1.29 is 16.8 Å². The van der Waals surface area contributed by atoms with Gasteiger partial charge in [-0.25, -0.2) is 9.97 Å². The Kier molecular flexibility index (Phi) is 8.44. The Bertz CT molecular complexity index is 2870. The van der Waals surface area contributed by atoms with Crippen LogP contribution < -0.4 is 9.97 Å². The summed E-state index contributed by atoms with van der Waals surface area (Å²) in [6, 6.07) is 25.6. The molecule has 5 heterocycles. The maximum Gasteiger partial charge on any atom is 2.00 e. The van der Waals surface area contributed by atoms with E-state index in [-0.39, 0.29) is 33.0 Å². The van der Waals surface area contributed by atoms with E-state index in [1.54, 1.807) is 0 Å². The minimum absolute atomic E-state index is 0. The second-order valence-electron chi connectivity index (χ2n) is 17.2. The SMILES string of the molecule is CC(C)(C)c1ccc2c(c1)-c1nc-2nc2[n-]c(nc3nc(nc4[n-]c(n1)c1ccc(C(C)(C)C)cc41)-c1cc(I)ccc1-3)c1cc(C(C)(C)C)ccc21.[Co+2]. The molecule has 0 atom stereocenters. The Morgan fingerprint density at radius 2 is 0.741 bits per heavy atom. The third-order valence-corrected chi connectivity index (χ3v) is 10.9. The molecule has 0 fully saturated rings. The summed E-state index contributed by atoms with van der Waals surface area (Å²) in [4.78, 5) is 41.2. The summed E-state index contributed by atoms with van der Waals surface area (Å²) >= 11 is 2.34. The van der Waals surface area contributed by atoms with Crippen molar-refractivity contribution in [3.05, 3.63) is 93.1 Å². The smallest absolute Gasteiger partial charge is 0.357 e. The maximum absolute atomic E-state index is 5.22. The fourth-order valence-corrected chi connectivity index (χ4v) is 7.53.